The minimum absolute atomic E-state index is 0.984. The van der Waals surface area contributed by atoms with Crippen molar-refractivity contribution in [3.8, 4) is 12.1 Å². The summed E-state index contributed by atoms with van der Waals surface area (Å²) in [4.78, 5) is 0. The fourth-order valence-corrected chi connectivity index (χ4v) is 4.13. The van der Waals surface area contributed by atoms with Crippen molar-refractivity contribution in [2.45, 2.75) is 46.4 Å². The summed E-state index contributed by atoms with van der Waals surface area (Å²) < 4.78 is 128. The molecule has 0 radical (unpaired) electrons. The second kappa shape index (κ2) is 13.6. The molecular formula is C25H31F12N7P2. The first kappa shape index (κ1) is 40.4. The van der Waals surface area contributed by atoms with Crippen molar-refractivity contribution >= 4 is 37.7 Å². The van der Waals surface area contributed by atoms with Gasteiger partial charge in [0.2, 0.25) is 12.7 Å². The molecule has 46 heavy (non-hydrogen) atoms. The molecule has 2 aromatic heterocycles. The molecule has 4 bridgehead atoms. The van der Waals surface area contributed by atoms with Gasteiger partial charge >= 0.3 is 66.0 Å². The Morgan fingerprint density at radius 2 is 0.891 bits per heavy atom. The van der Waals surface area contributed by atoms with Crippen molar-refractivity contribution in [3.63, 3.8) is 0 Å². The van der Waals surface area contributed by atoms with Gasteiger partial charge < -0.3 is 5.32 Å². The van der Waals surface area contributed by atoms with Crippen molar-refractivity contribution in [2.75, 3.05) is 13.1 Å². The first-order chi connectivity index (χ1) is 20.6. The predicted octanol–water partition coefficient (Wildman–Crippen LogP) is 9.69. The van der Waals surface area contributed by atoms with E-state index in [0.717, 1.165) is 45.7 Å². The summed E-state index contributed by atoms with van der Waals surface area (Å²) in [5.74, 6) is 0. The monoisotopic (exact) mass is 719 g/mol. The van der Waals surface area contributed by atoms with E-state index in [1.165, 1.54) is 35.9 Å². The Bertz CT molecular complexity index is 1540. The second-order valence-corrected chi connectivity index (χ2v) is 13.3. The fourth-order valence-electron chi connectivity index (χ4n) is 4.13. The molecule has 3 heterocycles. The number of aromatic nitrogens is 4. The maximum absolute atomic E-state index is 10.7. The standard InChI is InChI=1S/C21H25N5.2C2H3N.2F6P/c1-3-8-20-18(6-1)23-12-5-13-24-17-26(21-9-4-2-7-19(21)24)15-11-22-10-14-25(20)16-23;2*1-2-3;2*1-7(2,3,4,5)6/h1-4,6-9,16-17,22H,5,10-15H2;2*1H3;;/q+2;;;2*-1. The molecule has 0 saturated carbocycles. The smallest absolute Gasteiger partial charge is 0.244 e. The topological polar surface area (TPSA) is 77.2 Å². The molecule has 0 aliphatic carbocycles. The van der Waals surface area contributed by atoms with E-state index in [-0.39, 0.29) is 0 Å². The zero-order chi connectivity index (χ0) is 35.6. The van der Waals surface area contributed by atoms with Crippen LogP contribution in [0.4, 0.5) is 50.4 Å². The van der Waals surface area contributed by atoms with Gasteiger partial charge in [0.25, 0.3) is 0 Å². The van der Waals surface area contributed by atoms with Crippen molar-refractivity contribution in [1.29, 1.82) is 10.5 Å². The number of nitriles is 2. The van der Waals surface area contributed by atoms with Crippen LogP contribution in [0.25, 0.3) is 22.1 Å². The summed E-state index contributed by atoms with van der Waals surface area (Å²) in [6, 6.07) is 21.0. The van der Waals surface area contributed by atoms with E-state index < -0.39 is 15.6 Å². The van der Waals surface area contributed by atoms with Gasteiger partial charge in [0.05, 0.1) is 25.2 Å². The molecule has 2 aromatic carbocycles. The number of aryl methyl sites for hydroxylation is 2. The zero-order valence-electron chi connectivity index (χ0n) is 24.3. The average Bonchev–Trinajstić information content (AvgIpc) is 3.39. The molecule has 0 unspecified atom stereocenters. The number of hydrogen-bond acceptors (Lipinski definition) is 3. The number of para-hydroxylation sites is 4. The number of rotatable bonds is 0. The van der Waals surface area contributed by atoms with E-state index in [4.69, 9.17) is 10.5 Å². The van der Waals surface area contributed by atoms with E-state index in [9.17, 15) is 50.4 Å². The van der Waals surface area contributed by atoms with Crippen LogP contribution in [0.3, 0.4) is 0 Å². The third-order valence-electron chi connectivity index (χ3n) is 5.42. The summed E-state index contributed by atoms with van der Waals surface area (Å²) in [6.07, 6.45) is 5.69. The molecular weight excluding hydrogens is 688 g/mol. The maximum Gasteiger partial charge on any atom is 0.244 e. The Kier molecular flexibility index (Phi) is 11.9. The average molecular weight is 719 g/mol. The first-order valence-corrected chi connectivity index (χ1v) is 17.1. The van der Waals surface area contributed by atoms with E-state index >= 15 is 0 Å². The quantitative estimate of drug-likeness (QED) is 0.112. The second-order valence-electron chi connectivity index (χ2n) is 9.45. The Morgan fingerprint density at radius 1 is 0.609 bits per heavy atom. The SMILES string of the molecule is CC#N.CC#N.F[P-](F)(F)(F)(F)F.F[P-](F)(F)(F)(F)F.c1ccc2c(c1)n1c[n+]2CCC[n+]2cn(c3ccccc32)CCNCC1. The molecule has 1 aliphatic heterocycles. The Hall–Kier alpha value is -3.66. The minimum Gasteiger partial charge on any atom is -0.309 e. The largest absolute Gasteiger partial charge is 0.309 e. The van der Waals surface area contributed by atoms with Gasteiger partial charge in [-0.3, -0.25) is 0 Å². The van der Waals surface area contributed by atoms with Crippen LogP contribution in [0.2, 0.25) is 0 Å². The molecule has 0 atom stereocenters. The molecule has 5 rings (SSSR count). The normalized spacial score (nSPS) is 16.4. The number of imidazole rings is 2. The van der Waals surface area contributed by atoms with Gasteiger partial charge in [-0.05, 0) is 24.3 Å². The van der Waals surface area contributed by atoms with Gasteiger partial charge in [0.1, 0.15) is 13.1 Å². The van der Waals surface area contributed by atoms with Crippen LogP contribution >= 0.6 is 15.6 Å². The van der Waals surface area contributed by atoms with E-state index in [1.807, 2.05) is 0 Å². The molecule has 0 fully saturated rings. The van der Waals surface area contributed by atoms with Crippen molar-refractivity contribution in [3.05, 3.63) is 61.2 Å². The van der Waals surface area contributed by atoms with Crippen LogP contribution < -0.4 is 14.5 Å². The van der Waals surface area contributed by atoms with Crippen LogP contribution in [-0.2, 0) is 26.2 Å². The van der Waals surface area contributed by atoms with Crippen LogP contribution in [0, 0.1) is 22.7 Å². The molecule has 0 amide bonds. The Morgan fingerprint density at radius 3 is 1.20 bits per heavy atom. The maximum atomic E-state index is 9.87. The van der Waals surface area contributed by atoms with Crippen LogP contribution in [0.5, 0.6) is 0 Å². The summed E-state index contributed by atoms with van der Waals surface area (Å²) in [6.45, 7) is 8.90. The predicted molar refractivity (Wildman–Crippen MR) is 151 cm³/mol. The minimum atomic E-state index is -10.7. The molecule has 0 spiro atoms. The third-order valence-corrected chi connectivity index (χ3v) is 5.42. The molecule has 7 nitrogen and oxygen atoms in total. The first-order valence-electron chi connectivity index (χ1n) is 13.0. The van der Waals surface area contributed by atoms with Gasteiger partial charge in [0, 0.05) is 33.4 Å². The zero-order valence-corrected chi connectivity index (χ0v) is 26.1. The third kappa shape index (κ3) is 19.7. The number of nitrogens with zero attached hydrogens (tertiary/aromatic N) is 6. The van der Waals surface area contributed by atoms with Gasteiger partial charge in [-0.1, -0.05) is 24.3 Å². The summed E-state index contributed by atoms with van der Waals surface area (Å²) in [7, 11) is -21.3. The molecule has 21 heteroatoms. The molecule has 0 saturated heterocycles. The Balaban J connectivity index is 0.000000437. The van der Waals surface area contributed by atoms with Gasteiger partial charge in [-0.25, -0.2) is 18.3 Å². The van der Waals surface area contributed by atoms with Crippen molar-refractivity contribution < 1.29 is 59.5 Å². The summed E-state index contributed by atoms with van der Waals surface area (Å²) in [5.41, 5.74) is 5.31. The number of nitrogens with one attached hydrogen (secondary N) is 1. The van der Waals surface area contributed by atoms with E-state index in [1.54, 1.807) is 12.1 Å². The molecule has 1 aliphatic rings. The molecule has 4 aromatic rings. The number of hydrogen-bond donors (Lipinski definition) is 1. The number of halogens is 12. The molecule has 260 valence electrons. The van der Waals surface area contributed by atoms with Crippen molar-refractivity contribution in [2.24, 2.45) is 0 Å². The molecule has 1 N–H and O–H groups in total. The van der Waals surface area contributed by atoms with Gasteiger partial charge in [-0.2, -0.15) is 10.5 Å². The number of benzene rings is 2. The Labute approximate surface area is 255 Å². The summed E-state index contributed by atoms with van der Waals surface area (Å²) in [5, 5.41) is 18.2. The van der Waals surface area contributed by atoms with E-state index in [2.05, 4.69) is 84.8 Å². The van der Waals surface area contributed by atoms with Crippen LogP contribution in [0.1, 0.15) is 20.3 Å². The van der Waals surface area contributed by atoms with Gasteiger partial charge in [-0.15, -0.1) is 0 Å². The number of fused-ring (bicyclic) bond motifs is 10. The summed E-state index contributed by atoms with van der Waals surface area (Å²) >= 11 is 0. The van der Waals surface area contributed by atoms with Gasteiger partial charge in [0.15, 0.2) is 22.1 Å². The fraction of sp³-hybridized carbons (Fsp3) is 0.360. The van der Waals surface area contributed by atoms with E-state index in [0.29, 0.717) is 0 Å². The van der Waals surface area contributed by atoms with Crippen LogP contribution in [-0.4, -0.2) is 22.2 Å². The van der Waals surface area contributed by atoms with Crippen LogP contribution in [0.15, 0.2) is 61.2 Å². The van der Waals surface area contributed by atoms with Crippen molar-refractivity contribution in [1.82, 2.24) is 14.5 Å².